The van der Waals surface area contributed by atoms with Crippen molar-refractivity contribution in [2.24, 2.45) is 0 Å². The first-order chi connectivity index (χ1) is 12.4. The molecule has 5 heteroatoms. The van der Waals surface area contributed by atoms with Gasteiger partial charge in [-0.25, -0.2) is 9.97 Å². The second kappa shape index (κ2) is 6.87. The minimum Gasteiger partial charge on any atom is -0.477 e. The molecule has 3 aromatic carbocycles. The maximum Gasteiger partial charge on any atom is 0.146 e. The van der Waals surface area contributed by atoms with Crippen molar-refractivity contribution in [3.63, 3.8) is 0 Å². The quantitative estimate of drug-likeness (QED) is 0.359. The van der Waals surface area contributed by atoms with Gasteiger partial charge in [0.2, 0.25) is 0 Å². The molecule has 1 aliphatic rings. The molecule has 0 unspecified atom stereocenters. The van der Waals surface area contributed by atoms with E-state index in [9.17, 15) is 0 Å². The van der Waals surface area contributed by atoms with E-state index in [1.165, 1.54) is 0 Å². The van der Waals surface area contributed by atoms with Gasteiger partial charge in [0, 0.05) is 25.8 Å². The summed E-state index contributed by atoms with van der Waals surface area (Å²) in [6.07, 6.45) is 0. The Morgan fingerprint density at radius 2 is 1.31 bits per heavy atom. The molecule has 1 radical (unpaired) electrons. The Kier molecular flexibility index (Phi) is 4.41. The third kappa shape index (κ3) is 2.75. The van der Waals surface area contributed by atoms with Crippen molar-refractivity contribution in [2.75, 3.05) is 9.80 Å². The third-order valence-corrected chi connectivity index (χ3v) is 4.21. The van der Waals surface area contributed by atoms with Crippen molar-refractivity contribution in [2.45, 2.75) is 0 Å². The molecule has 0 spiro atoms. The van der Waals surface area contributed by atoms with Crippen LogP contribution in [0.2, 0.25) is 0 Å². The number of rotatable bonds is 2. The van der Waals surface area contributed by atoms with Gasteiger partial charge < -0.3 is 9.80 Å². The Labute approximate surface area is 165 Å². The molecule has 129 valence electrons. The molecule has 0 atom stereocenters. The number of aromatic nitrogens is 2. The van der Waals surface area contributed by atoms with Gasteiger partial charge in [0.1, 0.15) is 11.6 Å². The molecule has 0 saturated carbocycles. The van der Waals surface area contributed by atoms with Gasteiger partial charge in [-0.05, 0) is 24.3 Å². The SMILES string of the molecule is [Ir].[c-]1ccccc1N1[CH-]N(c2ccccc2)c2nc3ccccc3nc21. The number of hydrogen-bond acceptors (Lipinski definition) is 4. The first-order valence-corrected chi connectivity index (χ1v) is 8.12. The third-order valence-electron chi connectivity index (χ3n) is 4.21. The Morgan fingerprint density at radius 3 is 1.96 bits per heavy atom. The van der Waals surface area contributed by atoms with E-state index < -0.39 is 0 Å². The summed E-state index contributed by atoms with van der Waals surface area (Å²) in [5.41, 5.74) is 3.75. The largest absolute Gasteiger partial charge is 0.477 e. The zero-order valence-corrected chi connectivity index (χ0v) is 16.1. The van der Waals surface area contributed by atoms with Gasteiger partial charge in [-0.1, -0.05) is 30.3 Å². The molecule has 0 fully saturated rings. The van der Waals surface area contributed by atoms with E-state index in [1.807, 2.05) is 78.3 Å². The zero-order valence-electron chi connectivity index (χ0n) is 13.7. The number of benzene rings is 3. The Hall–Kier alpha value is -2.75. The van der Waals surface area contributed by atoms with E-state index in [-0.39, 0.29) is 20.1 Å². The fraction of sp³-hybridized carbons (Fsp3) is 0. The normalized spacial score (nSPS) is 12.8. The van der Waals surface area contributed by atoms with Crippen LogP contribution in [0.15, 0.2) is 78.9 Å². The van der Waals surface area contributed by atoms with Crippen LogP contribution < -0.4 is 9.80 Å². The molecule has 2 heterocycles. The molecule has 0 bridgehead atoms. The van der Waals surface area contributed by atoms with Gasteiger partial charge in [0.25, 0.3) is 0 Å². The average molecular weight is 515 g/mol. The van der Waals surface area contributed by atoms with Crippen molar-refractivity contribution in [1.82, 2.24) is 9.97 Å². The molecule has 0 amide bonds. The molecule has 4 nitrogen and oxygen atoms in total. The van der Waals surface area contributed by atoms with Gasteiger partial charge in [-0.2, -0.15) is 30.3 Å². The van der Waals surface area contributed by atoms with E-state index in [0.717, 1.165) is 34.0 Å². The van der Waals surface area contributed by atoms with Crippen LogP contribution in [-0.2, 0) is 20.1 Å². The van der Waals surface area contributed by atoms with Gasteiger partial charge in [-0.3, -0.25) is 0 Å². The van der Waals surface area contributed by atoms with Crippen molar-refractivity contribution >= 4 is 34.0 Å². The number of fused-ring (bicyclic) bond motifs is 2. The van der Waals surface area contributed by atoms with Crippen molar-refractivity contribution < 1.29 is 20.1 Å². The smallest absolute Gasteiger partial charge is 0.146 e. The standard InChI is InChI=1S/C21H14N4.Ir/c1-3-9-16(10-4-1)24-15-25(17-11-5-2-6-12-17)21-20(24)22-18-13-7-8-14-19(18)23-21;/h1-11,13-15H;/q-2;. The van der Waals surface area contributed by atoms with E-state index in [1.54, 1.807) is 0 Å². The van der Waals surface area contributed by atoms with E-state index in [2.05, 4.69) is 23.1 Å². The van der Waals surface area contributed by atoms with Gasteiger partial charge in [0.15, 0.2) is 0 Å². The van der Waals surface area contributed by atoms with Crippen LogP contribution in [-0.4, -0.2) is 9.97 Å². The predicted octanol–water partition coefficient (Wildman–Crippen LogP) is 4.84. The molecule has 0 saturated heterocycles. The molecule has 26 heavy (non-hydrogen) atoms. The number of nitrogens with zero attached hydrogens (tertiary/aromatic N) is 4. The molecular weight excluding hydrogens is 500 g/mol. The summed E-state index contributed by atoms with van der Waals surface area (Å²) >= 11 is 0. The number of para-hydroxylation sites is 4. The molecule has 1 aliphatic heterocycles. The van der Waals surface area contributed by atoms with E-state index in [0.29, 0.717) is 0 Å². The van der Waals surface area contributed by atoms with Crippen molar-refractivity contribution in [3.8, 4) is 0 Å². The molecule has 4 aromatic rings. The van der Waals surface area contributed by atoms with Gasteiger partial charge in [0.05, 0.1) is 11.0 Å². The zero-order chi connectivity index (χ0) is 16.6. The summed E-state index contributed by atoms with van der Waals surface area (Å²) in [5, 5.41) is 0. The summed E-state index contributed by atoms with van der Waals surface area (Å²) in [5.74, 6) is 1.63. The first-order valence-electron chi connectivity index (χ1n) is 8.12. The maximum absolute atomic E-state index is 4.87. The number of anilines is 4. The summed E-state index contributed by atoms with van der Waals surface area (Å²) in [4.78, 5) is 13.8. The fourth-order valence-electron chi connectivity index (χ4n) is 3.02. The van der Waals surface area contributed by atoms with E-state index >= 15 is 0 Å². The second-order valence-electron chi connectivity index (χ2n) is 5.80. The molecular formula is C21H14IrN4-2. The molecule has 0 aliphatic carbocycles. The van der Waals surface area contributed by atoms with Crippen LogP contribution in [0.4, 0.5) is 23.0 Å². The topological polar surface area (TPSA) is 32.3 Å². The van der Waals surface area contributed by atoms with Crippen LogP contribution in [0, 0.1) is 12.7 Å². The van der Waals surface area contributed by atoms with E-state index in [4.69, 9.17) is 9.97 Å². The summed E-state index contributed by atoms with van der Waals surface area (Å²) < 4.78 is 0. The summed E-state index contributed by atoms with van der Waals surface area (Å²) in [7, 11) is 0. The number of hydrogen-bond donors (Lipinski definition) is 0. The summed E-state index contributed by atoms with van der Waals surface area (Å²) in [6.45, 7) is 2.02. The van der Waals surface area contributed by atoms with Crippen LogP contribution in [0.3, 0.4) is 0 Å². The Balaban J connectivity index is 0.00000168. The monoisotopic (exact) mass is 515 g/mol. The first kappa shape index (κ1) is 16.7. The minimum atomic E-state index is 0. The molecule has 1 aromatic heterocycles. The van der Waals surface area contributed by atoms with Crippen LogP contribution in [0.5, 0.6) is 0 Å². The van der Waals surface area contributed by atoms with Gasteiger partial charge >= 0.3 is 0 Å². The minimum absolute atomic E-state index is 0. The van der Waals surface area contributed by atoms with Gasteiger partial charge in [-0.15, -0.1) is 12.4 Å². The molecule has 5 rings (SSSR count). The Morgan fingerprint density at radius 1 is 0.692 bits per heavy atom. The maximum atomic E-state index is 4.87. The van der Waals surface area contributed by atoms with Crippen LogP contribution in [0.25, 0.3) is 11.0 Å². The Bertz CT molecular complexity index is 954. The van der Waals surface area contributed by atoms with Crippen LogP contribution >= 0.6 is 0 Å². The van der Waals surface area contributed by atoms with Crippen molar-refractivity contribution in [1.29, 1.82) is 0 Å². The summed E-state index contributed by atoms with van der Waals surface area (Å²) in [6, 6.07) is 29.3. The molecule has 0 N–H and O–H groups in total. The predicted molar refractivity (Wildman–Crippen MR) is 99.8 cm³/mol. The van der Waals surface area contributed by atoms with Crippen LogP contribution in [0.1, 0.15) is 0 Å². The fourth-order valence-corrected chi connectivity index (χ4v) is 3.02. The average Bonchev–Trinajstić information content (AvgIpc) is 3.06. The second-order valence-corrected chi connectivity index (χ2v) is 5.80. The van der Waals surface area contributed by atoms with Crippen molar-refractivity contribution in [3.05, 3.63) is 91.6 Å².